The fourth-order valence-electron chi connectivity index (χ4n) is 4.28. The van der Waals surface area contributed by atoms with Gasteiger partial charge in [-0.05, 0) is 56.5 Å². The summed E-state index contributed by atoms with van der Waals surface area (Å²) in [4.78, 5) is 64.5. The second-order valence-corrected chi connectivity index (χ2v) is 12.4. The van der Waals surface area contributed by atoms with E-state index in [1.165, 1.54) is 46.8 Å². The third kappa shape index (κ3) is 11.6. The van der Waals surface area contributed by atoms with Crippen molar-refractivity contribution in [1.29, 1.82) is 0 Å². The number of hydrogen-bond donors (Lipinski definition) is 3. The zero-order chi connectivity index (χ0) is 37.2. The zero-order valence-electron chi connectivity index (χ0n) is 27.9. The first-order valence-electron chi connectivity index (χ1n) is 15.3. The summed E-state index contributed by atoms with van der Waals surface area (Å²) in [6, 6.07) is 12.4. The first-order chi connectivity index (χ1) is 23.4. The van der Waals surface area contributed by atoms with Crippen LogP contribution in [0.3, 0.4) is 0 Å². The highest BCUT2D eigenvalue weighted by Crippen LogP contribution is 2.26. The van der Waals surface area contributed by atoms with Crippen molar-refractivity contribution in [2.24, 2.45) is 5.92 Å². The third-order valence-electron chi connectivity index (χ3n) is 6.73. The maximum atomic E-state index is 14.1. The molecule has 3 rings (SSSR count). The van der Waals surface area contributed by atoms with E-state index in [0.29, 0.717) is 12.4 Å². The standard InChI is InChI=1S/C35H37F4N3O8/c1-19(2)30(42-34(47)33(46)40-21-11-13-22(14-12-21)48-17-20-9-7-6-8-10-20)32(45)41-25(16-27(44)50-35(3,4)5)26(43)18-49-31-28(38)23(36)15-24(37)29(31)39/h6-15,19,25,30H,16-18H2,1-5H3,(H,40,46)(H,41,45)(H,42,47)/t25?,30-/m0/s1. The molecular weight excluding hydrogens is 666 g/mol. The predicted molar refractivity (Wildman–Crippen MR) is 172 cm³/mol. The molecule has 3 amide bonds. The number of hydrogen-bond acceptors (Lipinski definition) is 8. The summed E-state index contributed by atoms with van der Waals surface area (Å²) < 4.78 is 71.0. The minimum Gasteiger partial charge on any atom is -0.489 e. The SMILES string of the molecule is CC(C)[C@H](NC(=O)C(=O)Nc1ccc(OCc2ccccc2)cc1)C(=O)NC(CC(=O)OC(C)(C)C)C(=O)COc1c(F)c(F)cc(F)c1F. The van der Waals surface area contributed by atoms with Crippen molar-refractivity contribution in [2.45, 2.75) is 65.3 Å². The first-order valence-corrected chi connectivity index (χ1v) is 15.3. The van der Waals surface area contributed by atoms with Gasteiger partial charge in [-0.2, -0.15) is 8.78 Å². The zero-order valence-corrected chi connectivity index (χ0v) is 27.9. The molecule has 0 spiro atoms. The minimum atomic E-state index is -1.90. The molecule has 3 aromatic rings. The molecule has 50 heavy (non-hydrogen) atoms. The van der Waals surface area contributed by atoms with Gasteiger partial charge >= 0.3 is 17.8 Å². The summed E-state index contributed by atoms with van der Waals surface area (Å²) in [6.07, 6.45) is -0.794. The summed E-state index contributed by atoms with van der Waals surface area (Å²) in [5.41, 5.74) is 0.190. The van der Waals surface area contributed by atoms with E-state index in [0.717, 1.165) is 5.56 Å². The van der Waals surface area contributed by atoms with Crippen LogP contribution in [0.5, 0.6) is 11.5 Å². The number of ketones is 1. The number of esters is 1. The van der Waals surface area contributed by atoms with E-state index in [9.17, 15) is 41.5 Å². The summed E-state index contributed by atoms with van der Waals surface area (Å²) in [5, 5.41) is 6.94. The Hall–Kier alpha value is -5.47. The summed E-state index contributed by atoms with van der Waals surface area (Å²) in [6.45, 7) is 6.74. The number of ether oxygens (including phenoxy) is 3. The molecule has 0 bridgehead atoms. The second kappa shape index (κ2) is 17.3. The third-order valence-corrected chi connectivity index (χ3v) is 6.73. The molecule has 2 atom stereocenters. The summed E-state index contributed by atoms with van der Waals surface area (Å²) >= 11 is 0. The van der Waals surface area contributed by atoms with Crippen molar-refractivity contribution < 1.29 is 55.7 Å². The number of rotatable bonds is 14. The lowest BCUT2D eigenvalue weighted by Gasteiger charge is -2.26. The van der Waals surface area contributed by atoms with Gasteiger partial charge < -0.3 is 30.2 Å². The van der Waals surface area contributed by atoms with E-state index in [-0.39, 0.29) is 11.8 Å². The topological polar surface area (TPSA) is 149 Å². The summed E-state index contributed by atoms with van der Waals surface area (Å²) in [5.74, 6) is -14.5. The molecule has 0 aliphatic carbocycles. The number of carbonyl (C=O) groups is 5. The van der Waals surface area contributed by atoms with Crippen molar-refractivity contribution in [1.82, 2.24) is 10.6 Å². The number of carbonyl (C=O) groups excluding carboxylic acids is 5. The number of Topliss-reactive ketones (excluding diaryl/α,β-unsaturated/α-hetero) is 1. The van der Waals surface area contributed by atoms with Crippen molar-refractivity contribution in [3.8, 4) is 11.5 Å². The van der Waals surface area contributed by atoms with Gasteiger partial charge in [-0.3, -0.25) is 24.0 Å². The number of amides is 3. The Morgan fingerprint density at radius 2 is 1.38 bits per heavy atom. The van der Waals surface area contributed by atoms with Crippen LogP contribution in [-0.2, 0) is 35.3 Å². The maximum absolute atomic E-state index is 14.1. The number of anilines is 1. The van der Waals surface area contributed by atoms with Gasteiger partial charge in [0.15, 0.2) is 23.2 Å². The van der Waals surface area contributed by atoms with Gasteiger partial charge in [-0.25, -0.2) is 8.78 Å². The Balaban J connectivity index is 1.67. The van der Waals surface area contributed by atoms with Crippen LogP contribution in [0.2, 0.25) is 0 Å². The van der Waals surface area contributed by atoms with Crippen molar-refractivity contribution in [3.05, 3.63) is 89.5 Å². The quantitative estimate of drug-likeness (QED) is 0.0942. The van der Waals surface area contributed by atoms with Crippen molar-refractivity contribution in [3.63, 3.8) is 0 Å². The minimum absolute atomic E-state index is 0.0513. The van der Waals surface area contributed by atoms with Crippen LogP contribution in [-0.4, -0.2) is 53.8 Å². The van der Waals surface area contributed by atoms with Crippen LogP contribution >= 0.6 is 0 Å². The lowest BCUT2D eigenvalue weighted by molar-refractivity contribution is -0.156. The van der Waals surface area contributed by atoms with E-state index in [2.05, 4.69) is 16.0 Å². The Morgan fingerprint density at radius 3 is 1.94 bits per heavy atom. The highest BCUT2D eigenvalue weighted by Gasteiger charge is 2.33. The van der Waals surface area contributed by atoms with Crippen LogP contribution in [0.25, 0.3) is 0 Å². The molecule has 15 heteroatoms. The van der Waals surface area contributed by atoms with E-state index in [4.69, 9.17) is 14.2 Å². The van der Waals surface area contributed by atoms with Gasteiger partial charge in [0.2, 0.25) is 17.5 Å². The molecule has 11 nitrogen and oxygen atoms in total. The molecule has 3 N–H and O–H groups in total. The van der Waals surface area contributed by atoms with Crippen molar-refractivity contribution in [2.75, 3.05) is 11.9 Å². The Kier molecular flexibility index (Phi) is 13.5. The molecule has 0 aliphatic heterocycles. The van der Waals surface area contributed by atoms with E-state index < -0.39 is 95.1 Å². The van der Waals surface area contributed by atoms with Gasteiger partial charge in [0.1, 0.15) is 36.6 Å². The normalized spacial score (nSPS) is 12.4. The van der Waals surface area contributed by atoms with Gasteiger partial charge in [0.05, 0.1) is 6.42 Å². The highest BCUT2D eigenvalue weighted by atomic mass is 19.2. The molecule has 268 valence electrons. The smallest absolute Gasteiger partial charge is 0.313 e. The van der Waals surface area contributed by atoms with Gasteiger partial charge in [0.25, 0.3) is 0 Å². The van der Waals surface area contributed by atoms with E-state index >= 15 is 0 Å². The molecule has 0 aromatic heterocycles. The van der Waals surface area contributed by atoms with Crippen LogP contribution in [0.1, 0.15) is 46.6 Å². The molecule has 0 radical (unpaired) electrons. The second-order valence-electron chi connectivity index (χ2n) is 12.4. The summed E-state index contributed by atoms with van der Waals surface area (Å²) in [7, 11) is 0. The predicted octanol–water partition coefficient (Wildman–Crippen LogP) is 4.77. The number of halogens is 4. The Morgan fingerprint density at radius 1 is 0.780 bits per heavy atom. The Labute approximate surface area is 285 Å². The van der Waals surface area contributed by atoms with Crippen LogP contribution < -0.4 is 25.4 Å². The van der Waals surface area contributed by atoms with Crippen LogP contribution in [0.15, 0.2) is 60.7 Å². The maximum Gasteiger partial charge on any atom is 0.313 e. The molecule has 0 saturated heterocycles. The molecule has 3 aromatic carbocycles. The van der Waals surface area contributed by atoms with Crippen LogP contribution in [0.4, 0.5) is 23.2 Å². The fraction of sp³-hybridized carbons (Fsp3) is 0.343. The van der Waals surface area contributed by atoms with E-state index in [1.54, 1.807) is 12.1 Å². The van der Waals surface area contributed by atoms with Crippen LogP contribution in [0, 0.1) is 29.2 Å². The molecule has 1 unspecified atom stereocenters. The molecule has 0 heterocycles. The molecule has 0 fully saturated rings. The van der Waals surface area contributed by atoms with E-state index in [1.807, 2.05) is 30.3 Å². The fourth-order valence-corrected chi connectivity index (χ4v) is 4.28. The lowest BCUT2D eigenvalue weighted by Crippen LogP contribution is -2.56. The lowest BCUT2D eigenvalue weighted by atomic mass is 10.0. The number of benzene rings is 3. The van der Waals surface area contributed by atoms with Gasteiger partial charge in [0, 0.05) is 11.8 Å². The van der Waals surface area contributed by atoms with Crippen molar-refractivity contribution >= 4 is 35.2 Å². The monoisotopic (exact) mass is 703 g/mol. The Bertz CT molecular complexity index is 1670. The molecule has 0 aliphatic rings. The van der Waals surface area contributed by atoms with Gasteiger partial charge in [-0.1, -0.05) is 44.2 Å². The van der Waals surface area contributed by atoms with Gasteiger partial charge in [-0.15, -0.1) is 0 Å². The average molecular weight is 704 g/mol. The molecular formula is C35H37F4N3O8. The first kappa shape index (κ1) is 39.0. The number of nitrogens with one attached hydrogen (secondary N) is 3. The largest absolute Gasteiger partial charge is 0.489 e. The molecule has 0 saturated carbocycles. The highest BCUT2D eigenvalue weighted by molar-refractivity contribution is 6.40. The average Bonchev–Trinajstić information content (AvgIpc) is 3.04.